The topological polar surface area (TPSA) is 67.4 Å². The van der Waals surface area contributed by atoms with Gasteiger partial charge in [0.25, 0.3) is 0 Å². The fourth-order valence-electron chi connectivity index (χ4n) is 1.62. The number of anilines is 1. The van der Waals surface area contributed by atoms with Crippen molar-refractivity contribution in [2.45, 2.75) is 6.92 Å². The Morgan fingerprint density at radius 3 is 2.33 bits per heavy atom. The van der Waals surface area contributed by atoms with Gasteiger partial charge in [0, 0.05) is 5.69 Å². The number of ether oxygens (including phenoxy) is 1. The normalized spacial score (nSPS) is 9.76. The Morgan fingerprint density at radius 2 is 1.67 bits per heavy atom. The summed E-state index contributed by atoms with van der Waals surface area (Å²) in [7, 11) is 0. The second-order valence-corrected chi connectivity index (χ2v) is 4.46. The molecule has 5 nitrogen and oxygen atoms in total. The van der Waals surface area contributed by atoms with Crippen molar-refractivity contribution in [2.24, 2.45) is 0 Å². The Bertz CT molecular complexity index is 609. The van der Waals surface area contributed by atoms with E-state index in [0.29, 0.717) is 11.4 Å². The second kappa shape index (κ2) is 7.09. The van der Waals surface area contributed by atoms with Crippen LogP contribution in [0.4, 0.5) is 10.5 Å². The molecule has 0 fully saturated rings. The summed E-state index contributed by atoms with van der Waals surface area (Å²) in [5.41, 5.74) is 1.73. The Balaban J connectivity index is 1.76. The van der Waals surface area contributed by atoms with Crippen LogP contribution >= 0.6 is 0 Å². The lowest BCUT2D eigenvalue weighted by Gasteiger charge is -2.08. The quantitative estimate of drug-likeness (QED) is 0.670. The van der Waals surface area contributed by atoms with Gasteiger partial charge in [0.2, 0.25) is 0 Å². The number of hydrogen-bond donors (Lipinski definition) is 2. The number of amides is 2. The fourth-order valence-corrected chi connectivity index (χ4v) is 1.62. The van der Waals surface area contributed by atoms with Crippen molar-refractivity contribution in [3.8, 4) is 5.75 Å². The average molecular weight is 284 g/mol. The first-order valence-corrected chi connectivity index (χ1v) is 6.51. The van der Waals surface area contributed by atoms with Crippen LogP contribution in [-0.2, 0) is 4.79 Å². The van der Waals surface area contributed by atoms with Crippen molar-refractivity contribution in [3.05, 3.63) is 60.2 Å². The highest BCUT2D eigenvalue weighted by molar-refractivity contribution is 5.91. The van der Waals surface area contributed by atoms with Crippen LogP contribution in [0.25, 0.3) is 0 Å². The molecule has 0 radical (unpaired) electrons. The van der Waals surface area contributed by atoms with E-state index >= 15 is 0 Å². The lowest BCUT2D eigenvalue weighted by molar-refractivity contribution is -0.133. The fraction of sp³-hybridized carbons (Fsp3) is 0.125. The number of urea groups is 1. The molecule has 108 valence electrons. The van der Waals surface area contributed by atoms with Gasteiger partial charge < -0.3 is 15.4 Å². The summed E-state index contributed by atoms with van der Waals surface area (Å²) < 4.78 is 5.09. The molecule has 2 amide bonds. The number of para-hydroxylation sites is 1. The van der Waals surface area contributed by atoms with E-state index in [-0.39, 0.29) is 6.54 Å². The Morgan fingerprint density at radius 1 is 1.00 bits per heavy atom. The molecule has 0 unspecified atom stereocenters. The lowest BCUT2D eigenvalue weighted by Crippen LogP contribution is -2.35. The van der Waals surface area contributed by atoms with E-state index in [1.807, 2.05) is 25.1 Å². The standard InChI is InChI=1S/C16H16N2O3/c1-12-7-9-14(10-8-12)21-15(19)11-17-16(20)18-13-5-3-2-4-6-13/h2-10H,11H2,1H3,(H2,17,18,20). The number of aryl methyl sites for hydroxylation is 1. The highest BCUT2D eigenvalue weighted by Crippen LogP contribution is 2.11. The Labute approximate surface area is 122 Å². The molecule has 0 aliphatic carbocycles. The van der Waals surface area contributed by atoms with E-state index in [1.54, 1.807) is 36.4 Å². The average Bonchev–Trinajstić information content (AvgIpc) is 2.49. The minimum atomic E-state index is -0.526. The molecule has 2 N–H and O–H groups in total. The molecule has 0 aromatic heterocycles. The van der Waals surface area contributed by atoms with E-state index in [1.165, 1.54) is 0 Å². The summed E-state index contributed by atoms with van der Waals surface area (Å²) in [5.74, 6) is -0.0714. The maximum atomic E-state index is 11.6. The number of hydrogen-bond acceptors (Lipinski definition) is 3. The predicted octanol–water partition coefficient (Wildman–Crippen LogP) is 2.72. The van der Waals surface area contributed by atoms with Gasteiger partial charge in [-0.1, -0.05) is 35.9 Å². The van der Waals surface area contributed by atoms with Crippen LogP contribution in [0.1, 0.15) is 5.56 Å². The summed E-state index contributed by atoms with van der Waals surface area (Å²) in [6, 6.07) is 15.6. The summed E-state index contributed by atoms with van der Waals surface area (Å²) in [6.45, 7) is 1.74. The molecule has 0 atom stereocenters. The van der Waals surface area contributed by atoms with Gasteiger partial charge in [-0.2, -0.15) is 0 Å². The molecule has 0 saturated heterocycles. The monoisotopic (exact) mass is 284 g/mol. The Hall–Kier alpha value is -2.82. The molecule has 2 aromatic rings. The van der Waals surface area contributed by atoms with Crippen molar-refractivity contribution in [1.29, 1.82) is 0 Å². The van der Waals surface area contributed by atoms with Gasteiger partial charge in [0.05, 0.1) is 0 Å². The zero-order valence-electron chi connectivity index (χ0n) is 11.6. The third-order valence-electron chi connectivity index (χ3n) is 2.68. The lowest BCUT2D eigenvalue weighted by atomic mass is 10.2. The first-order valence-electron chi connectivity index (χ1n) is 6.51. The van der Waals surface area contributed by atoms with Crippen LogP contribution in [-0.4, -0.2) is 18.5 Å². The molecular weight excluding hydrogens is 268 g/mol. The maximum Gasteiger partial charge on any atom is 0.330 e. The third kappa shape index (κ3) is 4.99. The zero-order valence-corrected chi connectivity index (χ0v) is 11.6. The van der Waals surface area contributed by atoms with Crippen LogP contribution in [0.3, 0.4) is 0 Å². The minimum Gasteiger partial charge on any atom is -0.425 e. The molecule has 0 spiro atoms. The van der Waals surface area contributed by atoms with Crippen molar-refractivity contribution in [3.63, 3.8) is 0 Å². The van der Waals surface area contributed by atoms with Crippen LogP contribution in [0.2, 0.25) is 0 Å². The van der Waals surface area contributed by atoms with Crippen LogP contribution in [0, 0.1) is 6.92 Å². The smallest absolute Gasteiger partial charge is 0.330 e. The van der Waals surface area contributed by atoms with Gasteiger partial charge in [0.1, 0.15) is 12.3 Å². The molecule has 2 aromatic carbocycles. The maximum absolute atomic E-state index is 11.6. The van der Waals surface area contributed by atoms with Gasteiger partial charge in [-0.3, -0.25) is 0 Å². The highest BCUT2D eigenvalue weighted by atomic mass is 16.5. The molecule has 0 aliphatic heterocycles. The summed E-state index contributed by atoms with van der Waals surface area (Å²) >= 11 is 0. The number of rotatable bonds is 4. The van der Waals surface area contributed by atoms with Gasteiger partial charge in [-0.25, -0.2) is 9.59 Å². The summed E-state index contributed by atoms with van der Waals surface area (Å²) in [4.78, 5) is 23.2. The molecule has 21 heavy (non-hydrogen) atoms. The number of nitrogens with one attached hydrogen (secondary N) is 2. The zero-order chi connectivity index (χ0) is 15.1. The molecule has 5 heteroatoms. The highest BCUT2D eigenvalue weighted by Gasteiger charge is 2.07. The molecular formula is C16H16N2O3. The SMILES string of the molecule is Cc1ccc(OC(=O)CNC(=O)Nc2ccccc2)cc1. The van der Waals surface area contributed by atoms with Crippen LogP contribution < -0.4 is 15.4 Å². The van der Waals surface area contributed by atoms with E-state index in [9.17, 15) is 9.59 Å². The van der Waals surface area contributed by atoms with E-state index in [2.05, 4.69) is 10.6 Å². The van der Waals surface area contributed by atoms with Gasteiger partial charge in [-0.05, 0) is 31.2 Å². The summed E-state index contributed by atoms with van der Waals surface area (Å²) in [5, 5.41) is 5.05. The van der Waals surface area contributed by atoms with Gasteiger partial charge in [0.15, 0.2) is 0 Å². The molecule has 0 bridgehead atoms. The van der Waals surface area contributed by atoms with Crippen molar-refractivity contribution in [1.82, 2.24) is 5.32 Å². The summed E-state index contributed by atoms with van der Waals surface area (Å²) in [6.07, 6.45) is 0. The number of benzene rings is 2. The van der Waals surface area contributed by atoms with Crippen molar-refractivity contribution < 1.29 is 14.3 Å². The van der Waals surface area contributed by atoms with E-state index in [4.69, 9.17) is 4.74 Å². The minimum absolute atomic E-state index is 0.202. The van der Waals surface area contributed by atoms with Crippen LogP contribution in [0.15, 0.2) is 54.6 Å². The Kier molecular flexibility index (Phi) is 4.93. The second-order valence-electron chi connectivity index (χ2n) is 4.46. The molecule has 0 heterocycles. The van der Waals surface area contributed by atoms with Crippen molar-refractivity contribution in [2.75, 3.05) is 11.9 Å². The predicted molar refractivity (Wildman–Crippen MR) is 80.3 cm³/mol. The van der Waals surface area contributed by atoms with Crippen LogP contribution in [0.5, 0.6) is 5.75 Å². The molecule has 0 aliphatic rings. The van der Waals surface area contributed by atoms with Gasteiger partial charge >= 0.3 is 12.0 Å². The first kappa shape index (κ1) is 14.6. The molecule has 2 rings (SSSR count). The van der Waals surface area contributed by atoms with Gasteiger partial charge in [-0.15, -0.1) is 0 Å². The number of carbonyl (C=O) groups excluding carboxylic acids is 2. The number of esters is 1. The van der Waals surface area contributed by atoms with Crippen molar-refractivity contribution >= 4 is 17.7 Å². The largest absolute Gasteiger partial charge is 0.425 e. The third-order valence-corrected chi connectivity index (χ3v) is 2.68. The first-order chi connectivity index (χ1) is 10.1. The number of carbonyl (C=O) groups is 2. The van der Waals surface area contributed by atoms with E-state index in [0.717, 1.165) is 5.56 Å². The molecule has 0 saturated carbocycles. The van der Waals surface area contributed by atoms with E-state index < -0.39 is 12.0 Å².